The molecule has 0 unspecified atom stereocenters. The SMILES string of the molecule is Cc1nn(C)cc1CN1CCc2ncnc(NCc3ncn[nH]3)c2CC1. The van der Waals surface area contributed by atoms with Gasteiger partial charge in [-0.25, -0.2) is 15.0 Å². The Morgan fingerprint density at radius 2 is 2.04 bits per heavy atom. The molecular formula is C17H23N9. The monoisotopic (exact) mass is 353 g/mol. The first-order chi connectivity index (χ1) is 12.7. The normalized spacial score (nSPS) is 14.8. The smallest absolute Gasteiger partial charge is 0.143 e. The van der Waals surface area contributed by atoms with Crippen molar-refractivity contribution in [1.29, 1.82) is 0 Å². The van der Waals surface area contributed by atoms with E-state index in [2.05, 4.69) is 53.6 Å². The fraction of sp³-hybridized carbons (Fsp3) is 0.471. The van der Waals surface area contributed by atoms with Crippen LogP contribution in [0.15, 0.2) is 18.9 Å². The van der Waals surface area contributed by atoms with Crippen LogP contribution in [0, 0.1) is 6.92 Å². The lowest BCUT2D eigenvalue weighted by Crippen LogP contribution is -2.26. The van der Waals surface area contributed by atoms with Gasteiger partial charge in [-0.15, -0.1) is 0 Å². The first-order valence-electron chi connectivity index (χ1n) is 8.81. The Hall–Kier alpha value is -2.81. The number of aromatic amines is 1. The maximum Gasteiger partial charge on any atom is 0.143 e. The Kier molecular flexibility index (Phi) is 4.61. The molecule has 0 amide bonds. The van der Waals surface area contributed by atoms with Gasteiger partial charge in [0.1, 0.15) is 24.3 Å². The van der Waals surface area contributed by atoms with Gasteiger partial charge in [-0.1, -0.05) is 0 Å². The predicted molar refractivity (Wildman–Crippen MR) is 96.4 cm³/mol. The lowest BCUT2D eigenvalue weighted by molar-refractivity contribution is 0.278. The van der Waals surface area contributed by atoms with Crippen LogP contribution in [0.1, 0.15) is 28.3 Å². The highest BCUT2D eigenvalue weighted by Crippen LogP contribution is 2.22. The standard InChI is InChI=1S/C17H23N9/c1-12-13(8-25(2)24-12)9-26-5-3-14-15(4-6-26)19-10-21-17(14)18-7-16-20-11-22-23-16/h8,10-11H,3-7,9H2,1-2H3,(H,18,19,21)(H,20,22,23). The molecule has 0 saturated heterocycles. The highest BCUT2D eigenvalue weighted by atomic mass is 15.3. The van der Waals surface area contributed by atoms with Gasteiger partial charge in [0.05, 0.1) is 17.9 Å². The van der Waals surface area contributed by atoms with Crippen molar-refractivity contribution >= 4 is 5.82 Å². The molecule has 4 heterocycles. The molecule has 3 aromatic heterocycles. The molecule has 0 atom stereocenters. The summed E-state index contributed by atoms with van der Waals surface area (Å²) in [6, 6.07) is 0. The fourth-order valence-electron chi connectivity index (χ4n) is 3.41. The molecule has 0 spiro atoms. The van der Waals surface area contributed by atoms with Gasteiger partial charge in [0.2, 0.25) is 0 Å². The maximum absolute atomic E-state index is 4.52. The summed E-state index contributed by atoms with van der Waals surface area (Å²) in [5.41, 5.74) is 4.72. The Balaban J connectivity index is 1.45. The molecule has 9 heteroatoms. The van der Waals surface area contributed by atoms with Crippen molar-refractivity contribution in [3.05, 3.63) is 47.2 Å². The number of anilines is 1. The number of H-pyrrole nitrogens is 1. The summed E-state index contributed by atoms with van der Waals surface area (Å²) in [4.78, 5) is 15.6. The number of aromatic nitrogens is 7. The van der Waals surface area contributed by atoms with Crippen molar-refractivity contribution in [1.82, 2.24) is 39.8 Å². The van der Waals surface area contributed by atoms with Crippen molar-refractivity contribution < 1.29 is 0 Å². The predicted octanol–water partition coefficient (Wildman–Crippen LogP) is 0.850. The van der Waals surface area contributed by atoms with Gasteiger partial charge in [0.25, 0.3) is 0 Å². The topological polar surface area (TPSA) is 100 Å². The van der Waals surface area contributed by atoms with Crippen LogP contribution in [-0.4, -0.2) is 52.9 Å². The third kappa shape index (κ3) is 3.57. The Bertz CT molecular complexity index is 868. The van der Waals surface area contributed by atoms with Gasteiger partial charge in [-0.2, -0.15) is 10.2 Å². The first kappa shape index (κ1) is 16.6. The molecule has 0 bridgehead atoms. The van der Waals surface area contributed by atoms with Crippen molar-refractivity contribution in [2.24, 2.45) is 7.05 Å². The summed E-state index contributed by atoms with van der Waals surface area (Å²) in [5, 5.41) is 14.5. The fourth-order valence-corrected chi connectivity index (χ4v) is 3.41. The van der Waals surface area contributed by atoms with Gasteiger partial charge in [0, 0.05) is 50.4 Å². The van der Waals surface area contributed by atoms with Crippen LogP contribution in [-0.2, 0) is 33.0 Å². The van der Waals surface area contributed by atoms with E-state index in [0.717, 1.165) is 55.5 Å². The molecule has 1 aliphatic heterocycles. The zero-order chi connectivity index (χ0) is 17.9. The van der Waals surface area contributed by atoms with Crippen LogP contribution in [0.25, 0.3) is 0 Å². The van der Waals surface area contributed by atoms with E-state index in [1.807, 2.05) is 11.7 Å². The zero-order valence-electron chi connectivity index (χ0n) is 15.1. The Morgan fingerprint density at radius 1 is 1.15 bits per heavy atom. The number of hydrogen-bond donors (Lipinski definition) is 2. The van der Waals surface area contributed by atoms with Crippen molar-refractivity contribution in [2.45, 2.75) is 32.9 Å². The van der Waals surface area contributed by atoms with E-state index in [-0.39, 0.29) is 0 Å². The summed E-state index contributed by atoms with van der Waals surface area (Å²) in [7, 11) is 1.97. The highest BCUT2D eigenvalue weighted by Gasteiger charge is 2.19. The van der Waals surface area contributed by atoms with Crippen LogP contribution in [0.2, 0.25) is 0 Å². The molecule has 0 aromatic carbocycles. The summed E-state index contributed by atoms with van der Waals surface area (Å²) >= 11 is 0. The molecule has 0 saturated carbocycles. The van der Waals surface area contributed by atoms with E-state index < -0.39 is 0 Å². The molecule has 2 N–H and O–H groups in total. The van der Waals surface area contributed by atoms with Crippen molar-refractivity contribution in [2.75, 3.05) is 18.4 Å². The van der Waals surface area contributed by atoms with Gasteiger partial charge in [0.15, 0.2) is 0 Å². The molecule has 0 radical (unpaired) electrons. The Labute approximate surface area is 151 Å². The molecule has 136 valence electrons. The molecule has 26 heavy (non-hydrogen) atoms. The maximum atomic E-state index is 4.52. The van der Waals surface area contributed by atoms with Crippen LogP contribution >= 0.6 is 0 Å². The number of hydrogen-bond acceptors (Lipinski definition) is 7. The van der Waals surface area contributed by atoms with Gasteiger partial charge in [-0.3, -0.25) is 14.7 Å². The van der Waals surface area contributed by atoms with E-state index in [1.54, 1.807) is 6.33 Å². The highest BCUT2D eigenvalue weighted by molar-refractivity contribution is 5.46. The van der Waals surface area contributed by atoms with Crippen molar-refractivity contribution in [3.8, 4) is 0 Å². The number of fused-ring (bicyclic) bond motifs is 1. The first-order valence-corrected chi connectivity index (χ1v) is 8.81. The number of nitrogens with one attached hydrogen (secondary N) is 2. The van der Waals surface area contributed by atoms with Crippen LogP contribution in [0.5, 0.6) is 0 Å². The minimum Gasteiger partial charge on any atom is -0.362 e. The van der Waals surface area contributed by atoms with E-state index >= 15 is 0 Å². The number of rotatable bonds is 5. The summed E-state index contributed by atoms with van der Waals surface area (Å²) < 4.78 is 1.88. The quantitative estimate of drug-likeness (QED) is 0.701. The average molecular weight is 353 g/mol. The number of nitrogens with zero attached hydrogens (tertiary/aromatic N) is 7. The van der Waals surface area contributed by atoms with Crippen LogP contribution in [0.3, 0.4) is 0 Å². The van der Waals surface area contributed by atoms with E-state index in [4.69, 9.17) is 0 Å². The third-order valence-electron chi connectivity index (χ3n) is 4.77. The molecule has 0 fully saturated rings. The van der Waals surface area contributed by atoms with Crippen LogP contribution < -0.4 is 5.32 Å². The third-order valence-corrected chi connectivity index (χ3v) is 4.77. The average Bonchev–Trinajstić information content (AvgIpc) is 3.19. The number of aryl methyl sites for hydroxylation is 2. The Morgan fingerprint density at radius 3 is 2.81 bits per heavy atom. The lowest BCUT2D eigenvalue weighted by Gasteiger charge is -2.19. The summed E-state index contributed by atoms with van der Waals surface area (Å²) in [6.07, 6.45) is 7.11. The van der Waals surface area contributed by atoms with E-state index in [1.165, 1.54) is 17.5 Å². The second kappa shape index (κ2) is 7.20. The molecular weight excluding hydrogens is 330 g/mol. The minimum absolute atomic E-state index is 0.571. The molecule has 3 aromatic rings. The molecule has 9 nitrogen and oxygen atoms in total. The second-order valence-electron chi connectivity index (χ2n) is 6.62. The van der Waals surface area contributed by atoms with Crippen molar-refractivity contribution in [3.63, 3.8) is 0 Å². The van der Waals surface area contributed by atoms with Gasteiger partial charge in [-0.05, 0) is 13.3 Å². The zero-order valence-corrected chi connectivity index (χ0v) is 15.1. The van der Waals surface area contributed by atoms with Crippen LogP contribution in [0.4, 0.5) is 5.82 Å². The van der Waals surface area contributed by atoms with Gasteiger partial charge >= 0.3 is 0 Å². The molecule has 0 aliphatic carbocycles. The largest absolute Gasteiger partial charge is 0.362 e. The molecule has 1 aliphatic rings. The molecule has 4 rings (SSSR count). The summed E-state index contributed by atoms with van der Waals surface area (Å²) in [6.45, 7) is 5.52. The van der Waals surface area contributed by atoms with E-state index in [0.29, 0.717) is 6.54 Å². The second-order valence-corrected chi connectivity index (χ2v) is 6.62. The minimum atomic E-state index is 0.571. The van der Waals surface area contributed by atoms with Gasteiger partial charge < -0.3 is 5.32 Å². The van der Waals surface area contributed by atoms with E-state index in [9.17, 15) is 0 Å². The lowest BCUT2D eigenvalue weighted by atomic mass is 10.1. The summed E-state index contributed by atoms with van der Waals surface area (Å²) in [5.74, 6) is 1.69.